The maximum Gasteiger partial charge on any atom is 0.267 e. The minimum Gasteiger partial charge on any atom is -0.350 e. The molecule has 0 unspecified atom stereocenters. The molecule has 5 nitrogen and oxygen atoms in total. The summed E-state index contributed by atoms with van der Waals surface area (Å²) >= 11 is 0. The van der Waals surface area contributed by atoms with Crippen LogP contribution in [0, 0.1) is 11.6 Å². The first-order chi connectivity index (χ1) is 11.1. The van der Waals surface area contributed by atoms with E-state index >= 15 is 0 Å². The molecule has 0 saturated carbocycles. The molecule has 0 saturated heterocycles. The zero-order chi connectivity index (χ0) is 16.4. The summed E-state index contributed by atoms with van der Waals surface area (Å²) in [6.45, 7) is 0.201. The lowest BCUT2D eigenvalue weighted by atomic mass is 10.2. The van der Waals surface area contributed by atoms with Crippen LogP contribution >= 0.6 is 0 Å². The molecule has 120 valence electrons. The smallest absolute Gasteiger partial charge is 0.267 e. The number of carbonyl (C=O) groups excluding carboxylic acids is 1. The summed E-state index contributed by atoms with van der Waals surface area (Å²) in [5.74, 6) is -2.69. The second-order valence-electron chi connectivity index (χ2n) is 5.38. The van der Waals surface area contributed by atoms with Crippen LogP contribution in [0.25, 0.3) is 0 Å². The predicted octanol–water partition coefficient (Wildman–Crippen LogP) is 1.44. The molecule has 1 aromatic carbocycles. The van der Waals surface area contributed by atoms with Crippen molar-refractivity contribution in [2.45, 2.75) is 25.8 Å². The number of carbonyl (C=O) groups is 1. The number of nitrogens with zero attached hydrogens (tertiary/aromatic N) is 2. The van der Waals surface area contributed by atoms with Gasteiger partial charge in [0.15, 0.2) is 0 Å². The Bertz CT molecular complexity index is 797. The average molecular weight is 319 g/mol. The number of nitrogens with one attached hydrogen (secondary N) is 1. The Labute approximate surface area is 130 Å². The molecule has 0 radical (unpaired) electrons. The van der Waals surface area contributed by atoms with E-state index in [1.165, 1.54) is 10.7 Å². The second-order valence-corrected chi connectivity index (χ2v) is 5.38. The fourth-order valence-electron chi connectivity index (χ4n) is 2.68. The number of hydrogen-bond donors (Lipinski definition) is 1. The Hall–Kier alpha value is -2.57. The third-order valence-corrected chi connectivity index (χ3v) is 3.82. The highest BCUT2D eigenvalue weighted by atomic mass is 19.1. The third-order valence-electron chi connectivity index (χ3n) is 3.82. The molecule has 0 bridgehead atoms. The van der Waals surface area contributed by atoms with Crippen molar-refractivity contribution in [3.63, 3.8) is 0 Å². The van der Waals surface area contributed by atoms with Crippen molar-refractivity contribution in [2.75, 3.05) is 6.54 Å². The van der Waals surface area contributed by atoms with E-state index in [-0.39, 0.29) is 18.6 Å². The Balaban J connectivity index is 1.66. The zero-order valence-corrected chi connectivity index (χ0v) is 12.3. The molecule has 3 rings (SSSR count). The Morgan fingerprint density at radius 3 is 2.74 bits per heavy atom. The Kier molecular flexibility index (Phi) is 4.18. The lowest BCUT2D eigenvalue weighted by Crippen LogP contribution is -2.33. The number of benzene rings is 1. The Morgan fingerprint density at radius 2 is 2.00 bits per heavy atom. The molecule has 2 aromatic rings. The van der Waals surface area contributed by atoms with Gasteiger partial charge in [0.05, 0.1) is 12.2 Å². The van der Waals surface area contributed by atoms with Crippen LogP contribution in [-0.2, 0) is 19.4 Å². The van der Waals surface area contributed by atoms with Gasteiger partial charge in [-0.05, 0) is 37.0 Å². The van der Waals surface area contributed by atoms with E-state index in [0.717, 1.165) is 42.7 Å². The number of rotatable bonds is 4. The van der Waals surface area contributed by atoms with Crippen molar-refractivity contribution < 1.29 is 13.6 Å². The third kappa shape index (κ3) is 3.13. The van der Waals surface area contributed by atoms with Crippen LogP contribution < -0.4 is 10.9 Å². The monoisotopic (exact) mass is 319 g/mol. The minimum absolute atomic E-state index is 0.0539. The van der Waals surface area contributed by atoms with Crippen LogP contribution in [0.4, 0.5) is 8.78 Å². The molecule has 1 aromatic heterocycles. The van der Waals surface area contributed by atoms with E-state index in [2.05, 4.69) is 10.4 Å². The number of amides is 1. The van der Waals surface area contributed by atoms with Gasteiger partial charge in [-0.2, -0.15) is 5.10 Å². The maximum atomic E-state index is 13.5. The quantitative estimate of drug-likeness (QED) is 0.927. The molecule has 0 spiro atoms. The van der Waals surface area contributed by atoms with E-state index in [1.807, 2.05) is 0 Å². The normalized spacial score (nSPS) is 13.0. The van der Waals surface area contributed by atoms with Crippen molar-refractivity contribution in [3.8, 4) is 0 Å². The van der Waals surface area contributed by atoms with Crippen molar-refractivity contribution in [1.29, 1.82) is 0 Å². The van der Waals surface area contributed by atoms with E-state index in [4.69, 9.17) is 0 Å². The van der Waals surface area contributed by atoms with Crippen LogP contribution in [0.2, 0.25) is 0 Å². The Morgan fingerprint density at radius 1 is 1.26 bits per heavy atom. The summed E-state index contributed by atoms with van der Waals surface area (Å²) in [4.78, 5) is 23.8. The lowest BCUT2D eigenvalue weighted by molar-refractivity contribution is 0.0943. The van der Waals surface area contributed by atoms with Crippen molar-refractivity contribution in [3.05, 3.63) is 63.1 Å². The SMILES string of the molecule is O=C(NCCn1nc2c(cc1=O)CCC2)c1c(F)cccc1F. The van der Waals surface area contributed by atoms with Gasteiger partial charge in [-0.1, -0.05) is 6.07 Å². The van der Waals surface area contributed by atoms with Gasteiger partial charge in [-0.25, -0.2) is 13.5 Å². The highest BCUT2D eigenvalue weighted by Crippen LogP contribution is 2.16. The van der Waals surface area contributed by atoms with Crippen LogP contribution in [0.3, 0.4) is 0 Å². The summed E-state index contributed by atoms with van der Waals surface area (Å²) in [7, 11) is 0. The molecule has 0 atom stereocenters. The van der Waals surface area contributed by atoms with Crippen molar-refractivity contribution >= 4 is 5.91 Å². The number of hydrogen-bond acceptors (Lipinski definition) is 3. The predicted molar refractivity (Wildman–Crippen MR) is 79.2 cm³/mol. The molecule has 0 aliphatic heterocycles. The van der Waals surface area contributed by atoms with E-state index in [9.17, 15) is 18.4 Å². The van der Waals surface area contributed by atoms with Gasteiger partial charge in [0.2, 0.25) is 0 Å². The maximum absolute atomic E-state index is 13.5. The van der Waals surface area contributed by atoms with E-state index in [0.29, 0.717) is 0 Å². The molecule has 1 aliphatic rings. The van der Waals surface area contributed by atoms with Crippen LogP contribution in [0.1, 0.15) is 28.0 Å². The zero-order valence-electron chi connectivity index (χ0n) is 12.3. The molecule has 23 heavy (non-hydrogen) atoms. The molecular formula is C16H15F2N3O2. The lowest BCUT2D eigenvalue weighted by Gasteiger charge is -2.09. The van der Waals surface area contributed by atoms with Gasteiger partial charge in [-0.3, -0.25) is 9.59 Å². The van der Waals surface area contributed by atoms with Gasteiger partial charge < -0.3 is 5.32 Å². The van der Waals surface area contributed by atoms with Crippen molar-refractivity contribution in [2.24, 2.45) is 0 Å². The largest absolute Gasteiger partial charge is 0.350 e. The fraction of sp³-hybridized carbons (Fsp3) is 0.312. The first kappa shape index (κ1) is 15.3. The van der Waals surface area contributed by atoms with Gasteiger partial charge >= 0.3 is 0 Å². The molecule has 7 heteroatoms. The first-order valence-electron chi connectivity index (χ1n) is 7.38. The number of halogens is 2. The van der Waals surface area contributed by atoms with E-state index < -0.39 is 23.1 Å². The molecule has 1 heterocycles. The summed E-state index contributed by atoms with van der Waals surface area (Å²) in [6, 6.07) is 4.79. The number of fused-ring (bicyclic) bond motifs is 1. The highest BCUT2D eigenvalue weighted by Gasteiger charge is 2.17. The fourth-order valence-corrected chi connectivity index (χ4v) is 2.68. The second kappa shape index (κ2) is 6.28. The van der Waals surface area contributed by atoms with Crippen LogP contribution in [-0.4, -0.2) is 22.2 Å². The van der Waals surface area contributed by atoms with Crippen molar-refractivity contribution in [1.82, 2.24) is 15.1 Å². The average Bonchev–Trinajstić information content (AvgIpc) is 2.94. The minimum atomic E-state index is -0.921. The summed E-state index contributed by atoms with van der Waals surface area (Å²) in [5.41, 5.74) is 1.01. The summed E-state index contributed by atoms with van der Waals surface area (Å²) < 4.78 is 28.3. The van der Waals surface area contributed by atoms with Gasteiger partial charge in [-0.15, -0.1) is 0 Å². The molecule has 1 N–H and O–H groups in total. The topological polar surface area (TPSA) is 64.0 Å². The molecule has 1 aliphatic carbocycles. The summed E-state index contributed by atoms with van der Waals surface area (Å²) in [5, 5.41) is 6.67. The summed E-state index contributed by atoms with van der Waals surface area (Å²) in [6.07, 6.45) is 2.68. The van der Waals surface area contributed by atoms with Crippen LogP contribution in [0.15, 0.2) is 29.1 Å². The molecule has 1 amide bonds. The van der Waals surface area contributed by atoms with Gasteiger partial charge in [0.25, 0.3) is 11.5 Å². The van der Waals surface area contributed by atoms with Gasteiger partial charge in [0.1, 0.15) is 17.2 Å². The number of aromatic nitrogens is 2. The molecule has 0 fully saturated rings. The van der Waals surface area contributed by atoms with Crippen LogP contribution in [0.5, 0.6) is 0 Å². The van der Waals surface area contributed by atoms with Gasteiger partial charge in [0, 0.05) is 12.6 Å². The first-order valence-corrected chi connectivity index (χ1v) is 7.38. The highest BCUT2D eigenvalue weighted by molar-refractivity contribution is 5.94. The molecular weight excluding hydrogens is 304 g/mol. The van der Waals surface area contributed by atoms with E-state index in [1.54, 1.807) is 6.07 Å². The number of aryl methyl sites for hydroxylation is 2. The standard InChI is InChI=1S/C16H15F2N3O2/c17-11-4-2-5-12(18)15(11)16(23)19-7-8-21-14(22)9-10-3-1-6-13(10)20-21/h2,4-5,9H,1,3,6-8H2,(H,19,23).